The van der Waals surface area contributed by atoms with E-state index in [4.69, 9.17) is 0 Å². The molecular formula is C20H20N2O3S. The highest BCUT2D eigenvalue weighted by Gasteiger charge is 2.22. The van der Waals surface area contributed by atoms with Crippen LogP contribution in [0, 0.1) is 0 Å². The van der Waals surface area contributed by atoms with Gasteiger partial charge in [0.05, 0.1) is 0 Å². The summed E-state index contributed by atoms with van der Waals surface area (Å²) in [6.07, 6.45) is 4.03. The third-order valence-electron chi connectivity index (χ3n) is 4.23. The number of hydrogen-bond donors (Lipinski definition) is 3. The maximum atomic E-state index is 12.4. The molecule has 1 amide bonds. The first-order valence-corrected chi connectivity index (χ1v) is 9.64. The van der Waals surface area contributed by atoms with Crippen molar-refractivity contribution < 1.29 is 14.7 Å². The number of amides is 1. The molecule has 6 heteroatoms. The molecule has 0 aliphatic rings. The number of hydrogen-bond acceptors (Lipinski definition) is 3. The molecule has 2 aromatic carbocycles. The summed E-state index contributed by atoms with van der Waals surface area (Å²) in [5, 5.41) is 13.1. The molecule has 0 spiro atoms. The molecule has 1 unspecified atom stereocenters. The van der Waals surface area contributed by atoms with Gasteiger partial charge in [-0.05, 0) is 35.6 Å². The highest BCUT2D eigenvalue weighted by Crippen LogP contribution is 2.19. The Labute approximate surface area is 155 Å². The van der Waals surface area contributed by atoms with E-state index in [0.717, 1.165) is 27.8 Å². The second-order valence-electron chi connectivity index (χ2n) is 6.06. The van der Waals surface area contributed by atoms with Crippen LogP contribution in [0.1, 0.15) is 21.5 Å². The van der Waals surface area contributed by atoms with E-state index in [9.17, 15) is 14.7 Å². The van der Waals surface area contributed by atoms with Crippen molar-refractivity contribution in [3.8, 4) is 0 Å². The fraction of sp³-hybridized carbons (Fsp3) is 0.200. The minimum absolute atomic E-state index is 0.218. The summed E-state index contributed by atoms with van der Waals surface area (Å²) in [4.78, 5) is 27.2. The molecule has 134 valence electrons. The molecule has 0 bridgehead atoms. The largest absolute Gasteiger partial charge is 0.480 e. The van der Waals surface area contributed by atoms with E-state index in [-0.39, 0.29) is 12.3 Å². The van der Waals surface area contributed by atoms with E-state index in [1.165, 1.54) is 0 Å². The van der Waals surface area contributed by atoms with Crippen LogP contribution in [0.2, 0.25) is 0 Å². The quantitative estimate of drug-likeness (QED) is 0.596. The zero-order chi connectivity index (χ0) is 18.5. The predicted octanol–water partition coefficient (Wildman–Crippen LogP) is 3.46. The molecule has 1 aromatic heterocycles. The van der Waals surface area contributed by atoms with E-state index in [1.54, 1.807) is 30.1 Å². The molecule has 5 nitrogen and oxygen atoms in total. The topological polar surface area (TPSA) is 82.2 Å². The van der Waals surface area contributed by atoms with Crippen molar-refractivity contribution in [2.24, 2.45) is 0 Å². The Morgan fingerprint density at radius 2 is 1.88 bits per heavy atom. The first kappa shape index (κ1) is 18.1. The minimum atomic E-state index is -1.05. The number of carbonyl (C=O) groups excluding carboxylic acids is 1. The molecule has 0 fully saturated rings. The van der Waals surface area contributed by atoms with Crippen LogP contribution in [0.4, 0.5) is 0 Å². The van der Waals surface area contributed by atoms with Gasteiger partial charge in [0.2, 0.25) is 0 Å². The number of benzene rings is 2. The highest BCUT2D eigenvalue weighted by atomic mass is 32.2. The standard InChI is InChI=1S/C20H20N2O3S/c1-26-12-13-6-8-14(9-7-13)19(23)22-18(20(24)25)10-15-11-21-17-5-3-2-4-16(15)17/h2-9,11,18,21H,10,12H2,1H3,(H,22,23)(H,24,25). The SMILES string of the molecule is CSCc1ccc(C(=O)NC(Cc2c[nH]c3ccccc23)C(=O)O)cc1. The van der Waals surface area contributed by atoms with E-state index >= 15 is 0 Å². The lowest BCUT2D eigenvalue weighted by Gasteiger charge is -2.14. The number of para-hydroxylation sites is 1. The molecule has 0 aliphatic carbocycles. The van der Waals surface area contributed by atoms with E-state index in [0.29, 0.717) is 5.56 Å². The lowest BCUT2D eigenvalue weighted by atomic mass is 10.0. The first-order valence-electron chi connectivity index (χ1n) is 8.25. The summed E-state index contributed by atoms with van der Waals surface area (Å²) in [6, 6.07) is 13.9. The molecule has 0 saturated heterocycles. The van der Waals surface area contributed by atoms with Gasteiger partial charge in [-0.2, -0.15) is 11.8 Å². The molecular weight excluding hydrogens is 348 g/mol. The van der Waals surface area contributed by atoms with Crippen LogP contribution >= 0.6 is 11.8 Å². The van der Waals surface area contributed by atoms with E-state index < -0.39 is 12.0 Å². The molecule has 3 rings (SSSR count). The molecule has 1 heterocycles. The van der Waals surface area contributed by atoms with Crippen molar-refractivity contribution in [1.29, 1.82) is 0 Å². The number of fused-ring (bicyclic) bond motifs is 1. The minimum Gasteiger partial charge on any atom is -0.480 e. The van der Waals surface area contributed by atoms with Crippen LogP contribution in [0.15, 0.2) is 54.7 Å². The number of nitrogens with one attached hydrogen (secondary N) is 2. The predicted molar refractivity (Wildman–Crippen MR) is 105 cm³/mol. The summed E-state index contributed by atoms with van der Waals surface area (Å²) in [6.45, 7) is 0. The smallest absolute Gasteiger partial charge is 0.326 e. The maximum Gasteiger partial charge on any atom is 0.326 e. The van der Waals surface area contributed by atoms with Gasteiger partial charge in [-0.15, -0.1) is 0 Å². The van der Waals surface area contributed by atoms with Crippen LogP contribution in [-0.2, 0) is 17.0 Å². The third kappa shape index (κ3) is 4.08. The van der Waals surface area contributed by atoms with Gasteiger partial charge in [-0.1, -0.05) is 30.3 Å². The number of H-pyrrole nitrogens is 1. The van der Waals surface area contributed by atoms with Crippen LogP contribution in [0.5, 0.6) is 0 Å². The Morgan fingerprint density at radius 3 is 2.58 bits per heavy atom. The molecule has 3 aromatic rings. The zero-order valence-corrected chi connectivity index (χ0v) is 15.2. The van der Waals surface area contributed by atoms with Crippen LogP contribution in [-0.4, -0.2) is 34.3 Å². The van der Waals surface area contributed by atoms with Crippen molar-refractivity contribution in [3.63, 3.8) is 0 Å². The summed E-state index contributed by atoms with van der Waals surface area (Å²) in [5.41, 5.74) is 3.40. The Kier molecular flexibility index (Phi) is 5.63. The molecule has 1 atom stereocenters. The fourth-order valence-corrected chi connectivity index (χ4v) is 3.41. The van der Waals surface area contributed by atoms with Gasteiger partial charge in [0.1, 0.15) is 6.04 Å². The van der Waals surface area contributed by atoms with E-state index in [1.807, 2.05) is 42.7 Å². The number of aromatic amines is 1. The summed E-state index contributed by atoms with van der Waals surface area (Å²) >= 11 is 1.71. The Hall–Kier alpha value is -2.73. The molecule has 26 heavy (non-hydrogen) atoms. The highest BCUT2D eigenvalue weighted by molar-refractivity contribution is 7.97. The van der Waals surface area contributed by atoms with Crippen LogP contribution < -0.4 is 5.32 Å². The zero-order valence-electron chi connectivity index (χ0n) is 14.4. The number of carboxylic acids is 1. The summed E-state index contributed by atoms with van der Waals surface area (Å²) < 4.78 is 0. The monoisotopic (exact) mass is 368 g/mol. The number of thioether (sulfide) groups is 1. The maximum absolute atomic E-state index is 12.4. The second kappa shape index (κ2) is 8.10. The number of rotatable bonds is 7. The van der Waals surface area contributed by atoms with Crippen molar-refractivity contribution >= 4 is 34.5 Å². The fourth-order valence-electron chi connectivity index (χ4n) is 2.88. The number of aliphatic carboxylic acids is 1. The third-order valence-corrected chi connectivity index (χ3v) is 4.85. The Morgan fingerprint density at radius 1 is 1.15 bits per heavy atom. The number of carbonyl (C=O) groups is 2. The number of carboxylic acid groups (broad SMARTS) is 1. The lowest BCUT2D eigenvalue weighted by Crippen LogP contribution is -2.42. The van der Waals surface area contributed by atoms with E-state index in [2.05, 4.69) is 10.3 Å². The van der Waals surface area contributed by atoms with Gasteiger partial charge < -0.3 is 15.4 Å². The average molecular weight is 368 g/mol. The molecule has 3 N–H and O–H groups in total. The van der Waals surface area contributed by atoms with Gasteiger partial charge in [0, 0.05) is 34.8 Å². The number of aromatic nitrogens is 1. The first-order chi connectivity index (χ1) is 12.6. The Balaban J connectivity index is 1.74. The van der Waals surface area contributed by atoms with Crippen molar-refractivity contribution in [2.45, 2.75) is 18.2 Å². The van der Waals surface area contributed by atoms with Crippen LogP contribution in [0.25, 0.3) is 10.9 Å². The molecule has 0 aliphatic heterocycles. The van der Waals surface area contributed by atoms with Gasteiger partial charge in [0.15, 0.2) is 0 Å². The van der Waals surface area contributed by atoms with Gasteiger partial charge in [0.25, 0.3) is 5.91 Å². The van der Waals surface area contributed by atoms with Crippen molar-refractivity contribution in [3.05, 3.63) is 71.4 Å². The summed E-state index contributed by atoms with van der Waals surface area (Å²) in [7, 11) is 0. The molecule has 0 saturated carbocycles. The molecule has 0 radical (unpaired) electrons. The summed E-state index contributed by atoms with van der Waals surface area (Å²) in [5.74, 6) is -0.559. The second-order valence-corrected chi connectivity index (χ2v) is 6.92. The van der Waals surface area contributed by atoms with Crippen LogP contribution in [0.3, 0.4) is 0 Å². The van der Waals surface area contributed by atoms with Crippen molar-refractivity contribution in [1.82, 2.24) is 10.3 Å². The van der Waals surface area contributed by atoms with Gasteiger partial charge in [-0.3, -0.25) is 4.79 Å². The average Bonchev–Trinajstić information content (AvgIpc) is 3.05. The normalized spacial score (nSPS) is 12.0. The van der Waals surface area contributed by atoms with Gasteiger partial charge >= 0.3 is 5.97 Å². The van der Waals surface area contributed by atoms with Gasteiger partial charge in [-0.25, -0.2) is 4.79 Å². The van der Waals surface area contributed by atoms with Crippen molar-refractivity contribution in [2.75, 3.05) is 6.26 Å². The Bertz CT molecular complexity index is 918. The lowest BCUT2D eigenvalue weighted by molar-refractivity contribution is -0.139.